The summed E-state index contributed by atoms with van der Waals surface area (Å²) in [5, 5.41) is 5.36. The Morgan fingerprint density at radius 2 is 2.15 bits per heavy atom. The highest BCUT2D eigenvalue weighted by Crippen LogP contribution is 2.21. The molecule has 140 valence electrons. The number of halogens is 1. The van der Waals surface area contributed by atoms with Crippen LogP contribution in [-0.2, 0) is 29.6 Å². The predicted octanol–water partition coefficient (Wildman–Crippen LogP) is 3.81. The zero-order valence-electron chi connectivity index (χ0n) is 15.3. The van der Waals surface area contributed by atoms with Crippen LogP contribution in [-0.4, -0.2) is 15.7 Å². The maximum atomic E-state index is 12.1. The van der Waals surface area contributed by atoms with E-state index in [-0.39, 0.29) is 6.61 Å². The molecule has 1 aromatic carbocycles. The molecule has 0 fully saturated rings. The van der Waals surface area contributed by atoms with E-state index >= 15 is 0 Å². The Balaban J connectivity index is 1.77. The third-order valence-electron chi connectivity index (χ3n) is 4.26. The number of carbonyl (C=O) groups is 1. The second-order valence-electron chi connectivity index (χ2n) is 6.13. The molecule has 2 aromatic heterocycles. The smallest absolute Gasteiger partial charge is 0.336 e. The highest BCUT2D eigenvalue weighted by molar-refractivity contribution is 6.31. The summed E-state index contributed by atoms with van der Waals surface area (Å²) < 4.78 is 12.1. The van der Waals surface area contributed by atoms with E-state index in [9.17, 15) is 9.59 Å². The average molecular weight is 387 g/mol. The Bertz CT molecular complexity index is 1100. The van der Waals surface area contributed by atoms with Gasteiger partial charge in [-0.15, -0.1) is 0 Å². The van der Waals surface area contributed by atoms with Gasteiger partial charge in [-0.3, -0.25) is 4.68 Å². The topological polar surface area (TPSA) is 74.3 Å². The molecule has 0 aliphatic heterocycles. The van der Waals surface area contributed by atoms with Crippen LogP contribution in [0.4, 0.5) is 0 Å². The minimum absolute atomic E-state index is 0.0313. The molecule has 0 aliphatic rings. The lowest BCUT2D eigenvalue weighted by molar-refractivity contribution is -0.138. The van der Waals surface area contributed by atoms with Crippen molar-refractivity contribution in [2.75, 3.05) is 0 Å². The lowest BCUT2D eigenvalue weighted by atomic mass is 10.1. The fraction of sp³-hybridized carbons (Fsp3) is 0.250. The molecule has 2 heterocycles. The highest BCUT2D eigenvalue weighted by Gasteiger charge is 2.10. The van der Waals surface area contributed by atoms with Gasteiger partial charge < -0.3 is 9.15 Å². The lowest BCUT2D eigenvalue weighted by Crippen LogP contribution is -2.06. The number of hydrogen-bond acceptors (Lipinski definition) is 5. The van der Waals surface area contributed by atoms with Gasteiger partial charge in [-0.2, -0.15) is 5.10 Å². The van der Waals surface area contributed by atoms with Gasteiger partial charge in [-0.05, 0) is 31.1 Å². The summed E-state index contributed by atoms with van der Waals surface area (Å²) in [7, 11) is 1.72. The maximum absolute atomic E-state index is 12.1. The first-order valence-corrected chi connectivity index (χ1v) is 8.86. The van der Waals surface area contributed by atoms with Crippen LogP contribution in [0.2, 0.25) is 5.15 Å². The molecular weight excluding hydrogens is 368 g/mol. The Morgan fingerprint density at radius 1 is 1.37 bits per heavy atom. The first kappa shape index (κ1) is 18.9. The third kappa shape index (κ3) is 4.11. The van der Waals surface area contributed by atoms with E-state index in [0.717, 1.165) is 17.4 Å². The minimum Gasteiger partial charge on any atom is -0.458 e. The number of nitrogens with zero attached hydrogens (tertiary/aromatic N) is 2. The monoisotopic (exact) mass is 386 g/mol. The van der Waals surface area contributed by atoms with Gasteiger partial charge in [0, 0.05) is 35.7 Å². The summed E-state index contributed by atoms with van der Waals surface area (Å²) >= 11 is 6.13. The van der Waals surface area contributed by atoms with Crippen molar-refractivity contribution in [1.29, 1.82) is 0 Å². The van der Waals surface area contributed by atoms with Gasteiger partial charge in [0.15, 0.2) is 0 Å². The summed E-state index contributed by atoms with van der Waals surface area (Å²) in [5.41, 5.74) is 3.04. The Labute approximate surface area is 161 Å². The van der Waals surface area contributed by atoms with E-state index in [0.29, 0.717) is 27.6 Å². The van der Waals surface area contributed by atoms with E-state index in [1.165, 1.54) is 16.8 Å². The molecule has 0 amide bonds. The van der Waals surface area contributed by atoms with E-state index in [1.807, 2.05) is 25.1 Å². The molecule has 3 aromatic rings. The molecule has 0 N–H and O–H groups in total. The molecule has 0 atom stereocenters. The quantitative estimate of drug-likeness (QED) is 0.378. The Hall–Kier alpha value is -2.86. The van der Waals surface area contributed by atoms with Crippen LogP contribution < -0.4 is 5.63 Å². The molecule has 0 unspecified atom stereocenters. The van der Waals surface area contributed by atoms with Gasteiger partial charge in [0.25, 0.3) is 0 Å². The molecular formula is C20H19ClN2O4. The molecule has 27 heavy (non-hydrogen) atoms. The first-order valence-electron chi connectivity index (χ1n) is 8.48. The first-order chi connectivity index (χ1) is 12.9. The van der Waals surface area contributed by atoms with Crippen LogP contribution in [0.1, 0.15) is 29.3 Å². The predicted molar refractivity (Wildman–Crippen MR) is 104 cm³/mol. The summed E-state index contributed by atoms with van der Waals surface area (Å²) in [6, 6.07) is 7.00. The third-order valence-corrected chi connectivity index (χ3v) is 4.70. The normalized spacial score (nSPS) is 11.4. The van der Waals surface area contributed by atoms with Crippen LogP contribution in [0, 0.1) is 6.92 Å². The molecule has 0 bridgehead atoms. The molecule has 0 saturated heterocycles. The molecule has 7 heteroatoms. The van der Waals surface area contributed by atoms with Crippen molar-refractivity contribution in [2.45, 2.75) is 26.9 Å². The summed E-state index contributed by atoms with van der Waals surface area (Å²) in [4.78, 5) is 23.9. The number of aromatic nitrogens is 2. The largest absolute Gasteiger partial charge is 0.458 e. The van der Waals surface area contributed by atoms with Crippen molar-refractivity contribution >= 4 is 34.6 Å². The SMILES string of the molecule is CCc1ccc2c(COC(=O)/C=C/c3c(C)nn(C)c3Cl)cc(=O)oc2c1. The van der Waals surface area contributed by atoms with Crippen LogP contribution in [0.5, 0.6) is 0 Å². The van der Waals surface area contributed by atoms with E-state index < -0.39 is 11.6 Å². The zero-order valence-corrected chi connectivity index (χ0v) is 16.0. The standard InChI is InChI=1S/C20H19ClN2O4/c1-4-13-5-6-16-14(10-19(25)27-17(16)9-13)11-26-18(24)8-7-15-12(2)22-23(3)20(15)21/h5-10H,4,11H2,1-3H3/b8-7+. The van der Waals surface area contributed by atoms with E-state index in [4.69, 9.17) is 20.8 Å². The van der Waals surface area contributed by atoms with Crippen molar-refractivity contribution in [3.8, 4) is 0 Å². The van der Waals surface area contributed by atoms with Crippen molar-refractivity contribution in [3.05, 3.63) is 68.3 Å². The van der Waals surface area contributed by atoms with Gasteiger partial charge in [-0.1, -0.05) is 30.7 Å². The summed E-state index contributed by atoms with van der Waals surface area (Å²) in [6.07, 6.45) is 3.69. The number of carbonyl (C=O) groups excluding carboxylic acids is 1. The lowest BCUT2D eigenvalue weighted by Gasteiger charge is -2.07. The number of rotatable bonds is 5. The minimum atomic E-state index is -0.541. The molecule has 0 aliphatic carbocycles. The number of benzene rings is 1. The highest BCUT2D eigenvalue weighted by atomic mass is 35.5. The van der Waals surface area contributed by atoms with Crippen molar-refractivity contribution in [3.63, 3.8) is 0 Å². The van der Waals surface area contributed by atoms with Crippen molar-refractivity contribution < 1.29 is 13.9 Å². The number of ether oxygens (including phenoxy) is 1. The van der Waals surface area contributed by atoms with E-state index in [1.54, 1.807) is 20.0 Å². The van der Waals surface area contributed by atoms with E-state index in [2.05, 4.69) is 5.10 Å². The second kappa shape index (κ2) is 7.80. The Morgan fingerprint density at radius 3 is 2.81 bits per heavy atom. The number of fused-ring (bicyclic) bond motifs is 1. The van der Waals surface area contributed by atoms with Crippen molar-refractivity contribution in [2.24, 2.45) is 7.05 Å². The number of aryl methyl sites for hydroxylation is 3. The van der Waals surface area contributed by atoms with Crippen LogP contribution in [0.25, 0.3) is 17.0 Å². The molecule has 0 saturated carbocycles. The zero-order chi connectivity index (χ0) is 19.6. The number of hydrogen-bond donors (Lipinski definition) is 0. The average Bonchev–Trinajstić information content (AvgIpc) is 2.88. The van der Waals surface area contributed by atoms with Gasteiger partial charge in [0.1, 0.15) is 17.3 Å². The Kier molecular flexibility index (Phi) is 5.46. The van der Waals surface area contributed by atoms with Crippen LogP contribution in [0.3, 0.4) is 0 Å². The molecule has 0 radical (unpaired) electrons. The van der Waals surface area contributed by atoms with Crippen LogP contribution in [0.15, 0.2) is 39.6 Å². The summed E-state index contributed by atoms with van der Waals surface area (Å²) in [6.45, 7) is 3.79. The van der Waals surface area contributed by atoms with Crippen molar-refractivity contribution in [1.82, 2.24) is 9.78 Å². The van der Waals surface area contributed by atoms with Gasteiger partial charge in [0.2, 0.25) is 0 Å². The molecule has 6 nitrogen and oxygen atoms in total. The molecule has 3 rings (SSSR count). The second-order valence-corrected chi connectivity index (χ2v) is 6.49. The summed E-state index contributed by atoms with van der Waals surface area (Å²) in [5.74, 6) is -0.541. The number of esters is 1. The van der Waals surface area contributed by atoms with Gasteiger partial charge >= 0.3 is 11.6 Å². The van der Waals surface area contributed by atoms with Crippen LogP contribution >= 0.6 is 11.6 Å². The fourth-order valence-corrected chi connectivity index (χ4v) is 3.04. The maximum Gasteiger partial charge on any atom is 0.336 e. The van der Waals surface area contributed by atoms with Gasteiger partial charge in [0.05, 0.1) is 5.69 Å². The molecule has 0 spiro atoms. The fourth-order valence-electron chi connectivity index (χ4n) is 2.80. The van der Waals surface area contributed by atoms with Gasteiger partial charge in [-0.25, -0.2) is 9.59 Å².